The van der Waals surface area contributed by atoms with Crippen molar-refractivity contribution in [2.24, 2.45) is 0 Å². The molecule has 1 atom stereocenters. The van der Waals surface area contributed by atoms with Crippen LogP contribution in [0.4, 0.5) is 0 Å². The SMILES string of the molecule is O=P(O)(O)OCC1COCCO1. The Labute approximate surface area is 69.7 Å². The van der Waals surface area contributed by atoms with Gasteiger partial charge in [-0.1, -0.05) is 0 Å². The van der Waals surface area contributed by atoms with Gasteiger partial charge in [-0.15, -0.1) is 0 Å². The third-order valence-corrected chi connectivity index (χ3v) is 1.80. The van der Waals surface area contributed by atoms with Crippen LogP contribution in [0.25, 0.3) is 0 Å². The Bertz CT molecular complexity index is 171. The normalized spacial score (nSPS) is 25.7. The van der Waals surface area contributed by atoms with Gasteiger partial charge in [0, 0.05) is 0 Å². The predicted octanol–water partition coefficient (Wildman–Crippen LogP) is -0.489. The van der Waals surface area contributed by atoms with Gasteiger partial charge in [-0.25, -0.2) is 4.57 Å². The van der Waals surface area contributed by atoms with Crippen LogP contribution in [0.3, 0.4) is 0 Å². The van der Waals surface area contributed by atoms with Gasteiger partial charge in [0.25, 0.3) is 0 Å². The van der Waals surface area contributed by atoms with Crippen molar-refractivity contribution in [1.29, 1.82) is 0 Å². The first-order valence-electron chi connectivity index (χ1n) is 3.47. The summed E-state index contributed by atoms with van der Waals surface area (Å²) in [5.74, 6) is 0. The summed E-state index contributed by atoms with van der Waals surface area (Å²) in [6.07, 6.45) is -0.369. The number of ether oxygens (including phenoxy) is 2. The molecule has 1 rings (SSSR count). The lowest BCUT2D eigenvalue weighted by molar-refractivity contribution is -0.103. The van der Waals surface area contributed by atoms with Crippen molar-refractivity contribution < 1.29 is 28.3 Å². The molecule has 0 aromatic rings. The van der Waals surface area contributed by atoms with Crippen molar-refractivity contribution in [3.8, 4) is 0 Å². The van der Waals surface area contributed by atoms with E-state index in [1.165, 1.54) is 0 Å². The molecule has 6 nitrogen and oxygen atoms in total. The first-order chi connectivity index (χ1) is 5.58. The molecular weight excluding hydrogens is 187 g/mol. The second-order valence-corrected chi connectivity index (χ2v) is 3.59. The van der Waals surface area contributed by atoms with E-state index in [0.717, 1.165) is 0 Å². The van der Waals surface area contributed by atoms with E-state index in [1.54, 1.807) is 0 Å². The van der Waals surface area contributed by atoms with Crippen LogP contribution >= 0.6 is 7.82 Å². The maximum absolute atomic E-state index is 10.2. The lowest BCUT2D eigenvalue weighted by atomic mass is 10.4. The summed E-state index contributed by atoms with van der Waals surface area (Å²) in [4.78, 5) is 16.7. The van der Waals surface area contributed by atoms with Gasteiger partial charge in [-0.2, -0.15) is 0 Å². The zero-order chi connectivity index (χ0) is 9.03. The van der Waals surface area contributed by atoms with E-state index in [2.05, 4.69) is 4.52 Å². The summed E-state index contributed by atoms with van der Waals surface area (Å²) in [6.45, 7) is 1.14. The average Bonchev–Trinajstić information content (AvgIpc) is 2.02. The lowest BCUT2D eigenvalue weighted by Gasteiger charge is -2.22. The van der Waals surface area contributed by atoms with Crippen molar-refractivity contribution >= 4 is 7.82 Å². The minimum absolute atomic E-state index is 0.135. The van der Waals surface area contributed by atoms with Crippen molar-refractivity contribution in [3.63, 3.8) is 0 Å². The van der Waals surface area contributed by atoms with Crippen molar-refractivity contribution in [2.75, 3.05) is 26.4 Å². The van der Waals surface area contributed by atoms with Gasteiger partial charge in [-0.3, -0.25) is 4.52 Å². The fourth-order valence-electron chi connectivity index (χ4n) is 0.813. The molecule has 1 aliphatic heterocycles. The van der Waals surface area contributed by atoms with Gasteiger partial charge in [0.1, 0.15) is 6.10 Å². The molecule has 2 N–H and O–H groups in total. The third-order valence-electron chi connectivity index (χ3n) is 1.31. The highest BCUT2D eigenvalue weighted by Gasteiger charge is 2.20. The van der Waals surface area contributed by atoms with Crippen LogP contribution < -0.4 is 0 Å². The summed E-state index contributed by atoms with van der Waals surface area (Å²) in [7, 11) is -4.37. The van der Waals surface area contributed by atoms with Crippen LogP contribution in [0, 0.1) is 0 Å². The van der Waals surface area contributed by atoms with E-state index >= 15 is 0 Å². The van der Waals surface area contributed by atoms with Crippen LogP contribution in [0.1, 0.15) is 0 Å². The van der Waals surface area contributed by atoms with E-state index in [1.807, 2.05) is 0 Å². The van der Waals surface area contributed by atoms with E-state index in [9.17, 15) is 4.57 Å². The van der Waals surface area contributed by atoms with Crippen LogP contribution in [-0.2, 0) is 18.6 Å². The van der Waals surface area contributed by atoms with Crippen LogP contribution in [-0.4, -0.2) is 42.3 Å². The van der Waals surface area contributed by atoms with Crippen molar-refractivity contribution in [2.45, 2.75) is 6.10 Å². The molecule has 0 bridgehead atoms. The van der Waals surface area contributed by atoms with Crippen LogP contribution in [0.5, 0.6) is 0 Å². The standard InChI is InChI=1S/C5H11O6P/c6-12(7,8)11-4-5-3-9-1-2-10-5/h5H,1-4H2,(H2,6,7,8). The Morgan fingerprint density at radius 3 is 2.75 bits per heavy atom. The first-order valence-corrected chi connectivity index (χ1v) is 5.00. The molecule has 0 aliphatic carbocycles. The lowest BCUT2D eigenvalue weighted by Crippen LogP contribution is -2.32. The molecule has 0 saturated carbocycles. The van der Waals surface area contributed by atoms with E-state index in [-0.39, 0.29) is 12.7 Å². The summed E-state index contributed by atoms with van der Waals surface area (Å²) >= 11 is 0. The Morgan fingerprint density at radius 1 is 1.50 bits per heavy atom. The maximum atomic E-state index is 10.2. The van der Waals surface area contributed by atoms with Gasteiger partial charge < -0.3 is 19.3 Å². The number of phosphoric acid groups is 1. The highest BCUT2D eigenvalue weighted by atomic mass is 31.2. The summed E-state index contributed by atoms with van der Waals surface area (Å²) in [5, 5.41) is 0. The fraction of sp³-hybridized carbons (Fsp3) is 1.00. The number of rotatable bonds is 3. The summed E-state index contributed by atoms with van der Waals surface area (Å²) < 4.78 is 24.5. The Morgan fingerprint density at radius 2 is 2.25 bits per heavy atom. The highest BCUT2D eigenvalue weighted by Crippen LogP contribution is 2.35. The topological polar surface area (TPSA) is 85.2 Å². The molecule has 12 heavy (non-hydrogen) atoms. The molecule has 1 heterocycles. The van der Waals surface area contributed by atoms with Gasteiger partial charge in [0.05, 0.1) is 26.4 Å². The van der Waals surface area contributed by atoms with Gasteiger partial charge in [0.2, 0.25) is 0 Å². The van der Waals surface area contributed by atoms with Crippen LogP contribution in [0.2, 0.25) is 0 Å². The molecular formula is C5H11O6P. The number of hydrogen-bond donors (Lipinski definition) is 2. The fourth-order valence-corrected chi connectivity index (χ4v) is 1.17. The smallest absolute Gasteiger partial charge is 0.376 e. The summed E-state index contributed by atoms with van der Waals surface area (Å²) in [5.41, 5.74) is 0. The zero-order valence-electron chi connectivity index (χ0n) is 6.38. The van der Waals surface area contributed by atoms with Crippen LogP contribution in [0.15, 0.2) is 0 Å². The largest absolute Gasteiger partial charge is 0.469 e. The maximum Gasteiger partial charge on any atom is 0.469 e. The second kappa shape index (κ2) is 4.32. The van der Waals surface area contributed by atoms with E-state index in [4.69, 9.17) is 19.3 Å². The third kappa shape index (κ3) is 4.15. The molecule has 7 heteroatoms. The predicted molar refractivity (Wildman–Crippen MR) is 38.6 cm³/mol. The molecule has 1 saturated heterocycles. The van der Waals surface area contributed by atoms with Crippen molar-refractivity contribution in [1.82, 2.24) is 0 Å². The monoisotopic (exact) mass is 198 g/mol. The average molecular weight is 198 g/mol. The van der Waals surface area contributed by atoms with Gasteiger partial charge in [0.15, 0.2) is 0 Å². The Balaban J connectivity index is 2.17. The Kier molecular flexibility index (Phi) is 3.64. The molecule has 1 aliphatic rings. The molecule has 0 spiro atoms. The van der Waals surface area contributed by atoms with Crippen molar-refractivity contribution in [3.05, 3.63) is 0 Å². The van der Waals surface area contributed by atoms with E-state index in [0.29, 0.717) is 19.8 Å². The molecule has 72 valence electrons. The first kappa shape index (κ1) is 10.1. The molecule has 0 amide bonds. The molecule has 0 radical (unpaired) electrons. The Hall–Kier alpha value is 0.0300. The number of hydrogen-bond acceptors (Lipinski definition) is 4. The highest BCUT2D eigenvalue weighted by molar-refractivity contribution is 7.46. The minimum Gasteiger partial charge on any atom is -0.376 e. The minimum atomic E-state index is -4.37. The molecule has 0 aromatic carbocycles. The molecule has 1 fully saturated rings. The van der Waals surface area contributed by atoms with Gasteiger partial charge >= 0.3 is 7.82 Å². The number of phosphoric ester groups is 1. The summed E-state index contributed by atoms with van der Waals surface area (Å²) in [6, 6.07) is 0. The molecule has 1 unspecified atom stereocenters. The zero-order valence-corrected chi connectivity index (χ0v) is 7.27. The second-order valence-electron chi connectivity index (χ2n) is 2.35. The van der Waals surface area contributed by atoms with E-state index < -0.39 is 7.82 Å². The van der Waals surface area contributed by atoms with Gasteiger partial charge in [-0.05, 0) is 0 Å². The quantitative estimate of drug-likeness (QED) is 0.595. The molecule has 0 aromatic heterocycles.